The highest BCUT2D eigenvalue weighted by molar-refractivity contribution is 6.07. The molecule has 58 heavy (non-hydrogen) atoms. The molecule has 0 aliphatic carbocycles. The summed E-state index contributed by atoms with van der Waals surface area (Å²) in [5.74, 6) is -4.68. The fourth-order valence-electron chi connectivity index (χ4n) is 9.38. The van der Waals surface area contributed by atoms with Gasteiger partial charge in [0.05, 0.1) is 30.2 Å². The third kappa shape index (κ3) is 8.63. The van der Waals surface area contributed by atoms with E-state index in [2.05, 4.69) is 9.97 Å². The van der Waals surface area contributed by atoms with Crippen molar-refractivity contribution in [1.82, 2.24) is 29.5 Å². The molecule has 1 amide bonds. The van der Waals surface area contributed by atoms with Crippen molar-refractivity contribution in [2.75, 3.05) is 34.3 Å². The number of halogens is 1. The zero-order valence-corrected chi connectivity index (χ0v) is 36.3. The molecule has 0 saturated carbocycles. The molecule has 2 unspecified atom stereocenters. The second-order valence-electron chi connectivity index (χ2n) is 17.5. The highest BCUT2D eigenvalue weighted by Gasteiger charge is 2.62. The molecule has 16 nitrogen and oxygen atoms in total. The summed E-state index contributed by atoms with van der Waals surface area (Å²) in [4.78, 5) is 53.0. The number of fused-ring (bicyclic) bond motifs is 2. The van der Waals surface area contributed by atoms with E-state index in [0.717, 1.165) is 18.1 Å². The van der Waals surface area contributed by atoms with Crippen LogP contribution in [0, 0.1) is 17.8 Å². The summed E-state index contributed by atoms with van der Waals surface area (Å²) in [5.41, 5.74) is 2.75. The van der Waals surface area contributed by atoms with E-state index in [-0.39, 0.29) is 24.5 Å². The van der Waals surface area contributed by atoms with Crippen LogP contribution in [0.25, 0.3) is 11.2 Å². The minimum absolute atomic E-state index is 0.207. The number of hydrogen-bond acceptors (Lipinski definition) is 14. The van der Waals surface area contributed by atoms with Gasteiger partial charge in [-0.05, 0) is 91.9 Å². The molecule has 3 aliphatic heterocycles. The number of hydrazine groups is 1. The van der Waals surface area contributed by atoms with Crippen LogP contribution in [0.3, 0.4) is 0 Å². The molecule has 3 saturated heterocycles. The Kier molecular flexibility index (Phi) is 14.0. The Morgan fingerprint density at radius 2 is 1.79 bits per heavy atom. The number of cyclic esters (lactones) is 1. The van der Waals surface area contributed by atoms with Crippen molar-refractivity contribution in [1.29, 1.82) is 0 Å². The van der Waals surface area contributed by atoms with E-state index in [1.807, 2.05) is 68.4 Å². The van der Waals surface area contributed by atoms with E-state index in [1.54, 1.807) is 31.4 Å². The number of nitrogens with zero attached hydrogens (tertiary/aromatic N) is 6. The first kappa shape index (κ1) is 45.8. The van der Waals surface area contributed by atoms with Crippen LogP contribution in [0.2, 0.25) is 0 Å². The summed E-state index contributed by atoms with van der Waals surface area (Å²) in [6, 6.07) is 1.99. The number of carbonyl (C=O) groups excluding carboxylic acids is 3. The summed E-state index contributed by atoms with van der Waals surface area (Å²) in [7, 11) is 5.16. The lowest BCUT2D eigenvalue weighted by molar-refractivity contribution is -0.296. The Morgan fingerprint density at radius 1 is 1.10 bits per heavy atom. The van der Waals surface area contributed by atoms with E-state index in [4.69, 9.17) is 29.4 Å². The monoisotopic (exact) mass is 819 g/mol. The largest absolute Gasteiger partial charge is 0.456 e. The number of ether oxygens (including phenoxy) is 5. The molecule has 2 aromatic heterocycles. The molecule has 3 aliphatic rings. The van der Waals surface area contributed by atoms with E-state index >= 15 is 4.39 Å². The predicted octanol–water partition coefficient (Wildman–Crippen LogP) is 3.72. The van der Waals surface area contributed by atoms with Gasteiger partial charge in [0.2, 0.25) is 0 Å². The summed E-state index contributed by atoms with van der Waals surface area (Å²) in [6.07, 6.45) is -0.917. The van der Waals surface area contributed by atoms with E-state index in [0.29, 0.717) is 32.5 Å². The maximum atomic E-state index is 16.9. The van der Waals surface area contributed by atoms with Crippen molar-refractivity contribution in [2.45, 2.75) is 154 Å². The molecular formula is C41H66FN7O9. The summed E-state index contributed by atoms with van der Waals surface area (Å²) < 4.78 is 49.7. The molecule has 3 fully saturated rings. The van der Waals surface area contributed by atoms with E-state index in [1.165, 1.54) is 21.0 Å². The quantitative estimate of drug-likeness (QED) is 0.261. The van der Waals surface area contributed by atoms with Gasteiger partial charge in [0.15, 0.2) is 23.3 Å². The predicted molar refractivity (Wildman–Crippen MR) is 213 cm³/mol. The number of rotatable bonds is 10. The summed E-state index contributed by atoms with van der Waals surface area (Å²) in [6.45, 7) is 16.4. The lowest BCUT2D eigenvalue weighted by Crippen LogP contribution is -2.64. The van der Waals surface area contributed by atoms with Gasteiger partial charge in [-0.2, -0.15) is 0 Å². The number of imidazole rings is 1. The highest BCUT2D eigenvalue weighted by Crippen LogP contribution is 2.44. The standard InChI is InChI=1S/C41H66FN7O9/c1-13-48(19-15-18-47-22-45-28-16-14-17-44-35(28)47)49-32-25(4)30(43)23(2)21-39(7,54-12)34(57-36-31(50)29(46(10)11)20-24(3)55-36)26(5)33(51)40(8,42)37(52)56-27(6)41(32,9)58-38(49)53/h14,16-17,22-27,29-32,34,36,50H,13,15,18-21,43H2,1-12H3/t23-,24-,25+,26+,27-,29+,30?,31-,32-,34-,36+,39+,40?,41-/m1/s1. The average molecular weight is 820 g/mol. The number of Topliss-reactive ketones (excluding diaryl/α,β-unsaturated/α-hetero) is 1. The molecular weight excluding hydrogens is 753 g/mol. The third-order valence-electron chi connectivity index (χ3n) is 13.1. The Labute approximate surface area is 341 Å². The van der Waals surface area contributed by atoms with Crippen LogP contribution in [0.5, 0.6) is 0 Å². The van der Waals surface area contributed by atoms with Gasteiger partial charge in [0.1, 0.15) is 17.7 Å². The van der Waals surface area contributed by atoms with E-state index in [9.17, 15) is 19.5 Å². The number of hydrogen-bond donors (Lipinski definition) is 2. The lowest BCUT2D eigenvalue weighted by atomic mass is 9.72. The van der Waals surface area contributed by atoms with Crippen LogP contribution in [-0.2, 0) is 39.8 Å². The molecule has 0 aromatic carbocycles. The molecule has 0 bridgehead atoms. The molecule has 326 valence electrons. The molecule has 2 aromatic rings. The smallest absolute Gasteiger partial charge is 0.425 e. The highest BCUT2D eigenvalue weighted by atomic mass is 19.1. The van der Waals surface area contributed by atoms with Gasteiger partial charge in [-0.1, -0.05) is 27.7 Å². The molecule has 0 spiro atoms. The number of aliphatic hydroxyl groups is 1. The van der Waals surface area contributed by atoms with Crippen LogP contribution in [0.4, 0.5) is 9.18 Å². The van der Waals surface area contributed by atoms with Crippen molar-refractivity contribution in [3.63, 3.8) is 0 Å². The number of alkyl halides is 1. The van der Waals surface area contributed by atoms with Crippen LogP contribution in [0.1, 0.15) is 81.6 Å². The van der Waals surface area contributed by atoms with Crippen molar-refractivity contribution < 1.29 is 47.6 Å². The zero-order chi connectivity index (χ0) is 43.1. The zero-order valence-electron chi connectivity index (χ0n) is 36.3. The number of likely N-dealkylation sites (N-methyl/N-ethyl adjacent to an activating group) is 1. The van der Waals surface area contributed by atoms with Crippen molar-refractivity contribution >= 4 is 29.0 Å². The van der Waals surface area contributed by atoms with Gasteiger partial charge >= 0.3 is 12.1 Å². The first-order valence-electron chi connectivity index (χ1n) is 20.6. The minimum atomic E-state index is -3.15. The van der Waals surface area contributed by atoms with Crippen molar-refractivity contribution in [2.24, 2.45) is 23.5 Å². The van der Waals surface area contributed by atoms with Gasteiger partial charge in [-0.15, -0.1) is 0 Å². The van der Waals surface area contributed by atoms with E-state index < -0.39 is 83.2 Å². The second kappa shape index (κ2) is 17.7. The van der Waals surface area contributed by atoms with Crippen molar-refractivity contribution in [3.05, 3.63) is 24.7 Å². The summed E-state index contributed by atoms with van der Waals surface area (Å²) in [5, 5.41) is 14.9. The van der Waals surface area contributed by atoms with Gasteiger partial charge in [0.25, 0.3) is 5.67 Å². The number of aliphatic hydroxyl groups excluding tert-OH is 1. The van der Waals surface area contributed by atoms with Crippen molar-refractivity contribution in [3.8, 4) is 0 Å². The number of nitrogens with two attached hydrogens (primary N) is 1. The number of aryl methyl sites for hydroxylation is 1. The van der Waals surface area contributed by atoms with Gasteiger partial charge in [-0.25, -0.2) is 34.0 Å². The number of ketones is 1. The number of amides is 1. The first-order valence-corrected chi connectivity index (χ1v) is 20.6. The lowest BCUT2D eigenvalue weighted by Gasteiger charge is -2.48. The average Bonchev–Trinajstić information content (AvgIpc) is 3.71. The SMILES string of the molecule is CCN(CCCn1cnc2cccnc21)N1C(=O)O[C@]2(C)[C@@H](C)OC(=O)C(C)(F)C(=O)[C@H](C)[C@@H](O[C@@H]3O[C@H](C)C[C@H](N(C)C)[C@H]3O)[C@@](C)(OC)C[C@@H](C)C(N)[C@H](C)[C@@H]12. The molecule has 3 N–H and O–H groups in total. The Hall–Kier alpha value is -3.32. The fraction of sp³-hybridized carbons (Fsp3) is 0.780. The number of esters is 1. The van der Waals surface area contributed by atoms with Gasteiger partial charge in [0, 0.05) is 50.9 Å². The Morgan fingerprint density at radius 3 is 2.43 bits per heavy atom. The second-order valence-corrected chi connectivity index (χ2v) is 17.5. The third-order valence-corrected chi connectivity index (χ3v) is 13.1. The summed E-state index contributed by atoms with van der Waals surface area (Å²) >= 11 is 0. The van der Waals surface area contributed by atoms with Crippen LogP contribution < -0.4 is 5.73 Å². The maximum Gasteiger partial charge on any atom is 0.425 e. The van der Waals surface area contributed by atoms with Crippen LogP contribution in [-0.4, -0.2) is 152 Å². The maximum absolute atomic E-state index is 16.9. The number of pyridine rings is 1. The van der Waals surface area contributed by atoms with Crippen LogP contribution in [0.15, 0.2) is 24.7 Å². The Bertz CT molecular complexity index is 1760. The van der Waals surface area contributed by atoms with Crippen LogP contribution >= 0.6 is 0 Å². The molecule has 0 radical (unpaired) electrons. The molecule has 14 atom stereocenters. The normalized spacial score (nSPS) is 39.5. The Balaban J connectivity index is 1.51. The topological polar surface area (TPSA) is 184 Å². The number of carbonyl (C=O) groups is 3. The number of methoxy groups -OCH3 is 1. The number of aromatic nitrogens is 3. The van der Waals surface area contributed by atoms with Gasteiger partial charge in [-0.3, -0.25) is 4.79 Å². The van der Waals surface area contributed by atoms with Gasteiger partial charge < -0.3 is 44.0 Å². The fourth-order valence-corrected chi connectivity index (χ4v) is 9.38. The molecule has 5 heterocycles. The molecule has 5 rings (SSSR count). The molecule has 17 heteroatoms. The minimum Gasteiger partial charge on any atom is -0.456 e. The first-order chi connectivity index (χ1) is 27.1.